The molecule has 1 aliphatic heterocycles. The van der Waals surface area contributed by atoms with E-state index >= 15 is 0 Å². The topological polar surface area (TPSA) is 61.8 Å². The Morgan fingerprint density at radius 1 is 1.32 bits per heavy atom. The zero-order valence-electron chi connectivity index (χ0n) is 14.0. The van der Waals surface area contributed by atoms with Crippen molar-refractivity contribution in [3.8, 4) is 5.75 Å². The molecule has 1 heterocycles. The number of halogens is 1. The summed E-state index contributed by atoms with van der Waals surface area (Å²) in [6.07, 6.45) is 1.01. The van der Waals surface area contributed by atoms with Gasteiger partial charge in [0.1, 0.15) is 11.6 Å². The predicted molar refractivity (Wildman–Crippen MR) is 93.3 cm³/mol. The molecule has 0 aliphatic carbocycles. The smallest absolute Gasteiger partial charge is 0.321 e. The van der Waals surface area contributed by atoms with E-state index in [0.29, 0.717) is 11.3 Å². The molecule has 2 N–H and O–H groups in total. The van der Waals surface area contributed by atoms with Crippen LogP contribution in [0.25, 0.3) is 0 Å². The zero-order valence-corrected chi connectivity index (χ0v) is 14.0. The lowest BCUT2D eigenvalue weighted by Crippen LogP contribution is -2.34. The number of likely N-dealkylation sites (N-methyl/N-ethyl adjacent to an activating group) is 1. The number of hydrogen-bond donors (Lipinski definition) is 2. The monoisotopic (exact) mass is 344 g/mol. The summed E-state index contributed by atoms with van der Waals surface area (Å²) in [4.78, 5) is 13.7. The highest BCUT2D eigenvalue weighted by atomic mass is 19.1. The number of ether oxygens (including phenoxy) is 1. The summed E-state index contributed by atoms with van der Waals surface area (Å²) in [5.74, 6) is 0.503. The van der Waals surface area contributed by atoms with E-state index in [1.807, 2.05) is 12.1 Å². The van der Waals surface area contributed by atoms with Crippen LogP contribution in [0.4, 0.5) is 14.9 Å². The second kappa shape index (κ2) is 7.53. The number of amides is 2. The van der Waals surface area contributed by atoms with Crippen LogP contribution in [0.2, 0.25) is 0 Å². The predicted octanol–water partition coefficient (Wildman–Crippen LogP) is 3.35. The van der Waals surface area contributed by atoms with Gasteiger partial charge in [-0.15, -0.1) is 0 Å². The second-order valence-electron chi connectivity index (χ2n) is 6.15. The van der Waals surface area contributed by atoms with Crippen LogP contribution in [0.15, 0.2) is 42.5 Å². The van der Waals surface area contributed by atoms with Crippen molar-refractivity contribution in [3.05, 3.63) is 59.4 Å². The Morgan fingerprint density at radius 2 is 2.08 bits per heavy atom. The van der Waals surface area contributed by atoms with Gasteiger partial charge in [0.05, 0.1) is 19.3 Å². The van der Waals surface area contributed by atoms with E-state index in [2.05, 4.69) is 5.32 Å². The number of rotatable bonds is 4. The lowest BCUT2D eigenvalue weighted by molar-refractivity contribution is 0.136. The number of nitrogens with one attached hydrogen (secondary N) is 1. The normalized spacial score (nSPS) is 14.2. The number of aryl methyl sites for hydroxylation is 1. The molecule has 0 radical (unpaired) electrons. The van der Waals surface area contributed by atoms with E-state index < -0.39 is 6.10 Å². The van der Waals surface area contributed by atoms with Gasteiger partial charge in [0.25, 0.3) is 0 Å². The summed E-state index contributed by atoms with van der Waals surface area (Å²) >= 11 is 0. The standard InChI is InChI=1S/C19H21FN2O3/c1-22(12-17(23)13-4-6-15(20)7-5-13)19(24)21-16-8-9-18-14(11-16)3-2-10-25-18/h4-9,11,17,23H,2-3,10,12H2,1H3,(H,21,24). The number of aliphatic hydroxyl groups is 1. The summed E-state index contributed by atoms with van der Waals surface area (Å²) in [6.45, 7) is 0.828. The maximum Gasteiger partial charge on any atom is 0.321 e. The molecule has 5 nitrogen and oxygen atoms in total. The SMILES string of the molecule is CN(CC(O)c1ccc(F)cc1)C(=O)Nc1ccc2c(c1)CCCO2. The van der Waals surface area contributed by atoms with Crippen molar-refractivity contribution in [1.29, 1.82) is 0 Å². The molecule has 2 aromatic rings. The minimum atomic E-state index is -0.881. The highest BCUT2D eigenvalue weighted by Gasteiger charge is 2.17. The third-order valence-corrected chi connectivity index (χ3v) is 4.21. The number of aliphatic hydroxyl groups excluding tert-OH is 1. The van der Waals surface area contributed by atoms with Gasteiger partial charge in [-0.25, -0.2) is 9.18 Å². The Balaban J connectivity index is 1.59. The average molecular weight is 344 g/mol. The molecular weight excluding hydrogens is 323 g/mol. The molecule has 0 aromatic heterocycles. The van der Waals surface area contributed by atoms with Crippen LogP contribution in [0.1, 0.15) is 23.7 Å². The molecular formula is C19H21FN2O3. The number of benzene rings is 2. The van der Waals surface area contributed by atoms with Crippen LogP contribution in [-0.2, 0) is 6.42 Å². The van der Waals surface area contributed by atoms with Crippen molar-refractivity contribution >= 4 is 11.7 Å². The Kier molecular flexibility index (Phi) is 5.19. The Hall–Kier alpha value is -2.60. The minimum absolute atomic E-state index is 0.103. The molecule has 2 amide bonds. The number of carbonyl (C=O) groups is 1. The average Bonchev–Trinajstić information content (AvgIpc) is 2.62. The molecule has 0 spiro atoms. The molecule has 1 aliphatic rings. The van der Waals surface area contributed by atoms with Gasteiger partial charge in [0, 0.05) is 12.7 Å². The number of fused-ring (bicyclic) bond motifs is 1. The van der Waals surface area contributed by atoms with E-state index in [9.17, 15) is 14.3 Å². The largest absolute Gasteiger partial charge is 0.493 e. The van der Waals surface area contributed by atoms with Gasteiger partial charge in [-0.1, -0.05) is 12.1 Å². The maximum absolute atomic E-state index is 12.9. The van der Waals surface area contributed by atoms with Crippen molar-refractivity contribution in [2.75, 3.05) is 25.5 Å². The lowest BCUT2D eigenvalue weighted by atomic mass is 10.1. The zero-order chi connectivity index (χ0) is 17.8. The van der Waals surface area contributed by atoms with Gasteiger partial charge in [-0.3, -0.25) is 0 Å². The van der Waals surface area contributed by atoms with Gasteiger partial charge in [0.2, 0.25) is 0 Å². The molecule has 0 fully saturated rings. The molecule has 1 unspecified atom stereocenters. The van der Waals surface area contributed by atoms with E-state index in [4.69, 9.17) is 4.74 Å². The fourth-order valence-electron chi connectivity index (χ4n) is 2.79. The highest BCUT2D eigenvalue weighted by molar-refractivity contribution is 5.89. The number of carbonyl (C=O) groups excluding carboxylic acids is 1. The fraction of sp³-hybridized carbons (Fsp3) is 0.316. The van der Waals surface area contributed by atoms with Crippen LogP contribution in [0, 0.1) is 5.82 Å². The number of nitrogens with zero attached hydrogens (tertiary/aromatic N) is 1. The molecule has 0 bridgehead atoms. The van der Waals surface area contributed by atoms with Gasteiger partial charge in [-0.2, -0.15) is 0 Å². The van der Waals surface area contributed by atoms with Gasteiger partial charge >= 0.3 is 6.03 Å². The molecule has 3 rings (SSSR count). The second-order valence-corrected chi connectivity index (χ2v) is 6.15. The van der Waals surface area contributed by atoms with Crippen LogP contribution >= 0.6 is 0 Å². The van der Waals surface area contributed by atoms with E-state index in [-0.39, 0.29) is 18.4 Å². The first-order valence-electron chi connectivity index (χ1n) is 8.24. The van der Waals surface area contributed by atoms with Crippen LogP contribution < -0.4 is 10.1 Å². The van der Waals surface area contributed by atoms with E-state index in [1.54, 1.807) is 13.1 Å². The van der Waals surface area contributed by atoms with Crippen LogP contribution in [0.5, 0.6) is 5.75 Å². The first-order valence-corrected chi connectivity index (χ1v) is 8.24. The number of hydrogen-bond acceptors (Lipinski definition) is 3. The van der Waals surface area contributed by atoms with Crippen molar-refractivity contribution in [3.63, 3.8) is 0 Å². The molecule has 6 heteroatoms. The van der Waals surface area contributed by atoms with Crippen molar-refractivity contribution in [2.45, 2.75) is 18.9 Å². The summed E-state index contributed by atoms with van der Waals surface area (Å²) in [5.41, 5.74) is 2.34. The van der Waals surface area contributed by atoms with Gasteiger partial charge < -0.3 is 20.1 Å². The number of anilines is 1. The van der Waals surface area contributed by atoms with Crippen LogP contribution in [-0.4, -0.2) is 36.2 Å². The maximum atomic E-state index is 12.9. The van der Waals surface area contributed by atoms with Gasteiger partial charge in [0.15, 0.2) is 0 Å². The highest BCUT2D eigenvalue weighted by Crippen LogP contribution is 2.27. The first-order chi connectivity index (χ1) is 12.0. The summed E-state index contributed by atoms with van der Waals surface area (Å²) in [6, 6.07) is 10.8. The molecule has 0 saturated carbocycles. The summed E-state index contributed by atoms with van der Waals surface area (Å²) in [7, 11) is 1.60. The van der Waals surface area contributed by atoms with Crippen molar-refractivity contribution in [2.24, 2.45) is 0 Å². The van der Waals surface area contributed by atoms with Crippen molar-refractivity contribution < 1.29 is 19.0 Å². The van der Waals surface area contributed by atoms with E-state index in [0.717, 1.165) is 30.8 Å². The third kappa shape index (κ3) is 4.28. The third-order valence-electron chi connectivity index (χ3n) is 4.21. The van der Waals surface area contributed by atoms with Gasteiger partial charge in [-0.05, 0) is 54.3 Å². The molecule has 1 atom stereocenters. The molecule has 25 heavy (non-hydrogen) atoms. The van der Waals surface area contributed by atoms with Crippen LogP contribution in [0.3, 0.4) is 0 Å². The number of urea groups is 1. The Morgan fingerprint density at radius 3 is 2.84 bits per heavy atom. The Labute approximate surface area is 146 Å². The Bertz CT molecular complexity index is 749. The quantitative estimate of drug-likeness (QED) is 0.894. The summed E-state index contributed by atoms with van der Waals surface area (Å²) in [5, 5.41) is 13.0. The minimum Gasteiger partial charge on any atom is -0.493 e. The summed E-state index contributed by atoms with van der Waals surface area (Å²) < 4.78 is 18.5. The molecule has 132 valence electrons. The fourth-order valence-corrected chi connectivity index (χ4v) is 2.79. The lowest BCUT2D eigenvalue weighted by Gasteiger charge is -2.22. The molecule has 2 aromatic carbocycles. The molecule has 0 saturated heterocycles. The van der Waals surface area contributed by atoms with Crippen molar-refractivity contribution in [1.82, 2.24) is 4.90 Å². The van der Waals surface area contributed by atoms with E-state index in [1.165, 1.54) is 29.2 Å². The first kappa shape index (κ1) is 17.2.